The molecule has 3 rings (SSSR count). The predicted molar refractivity (Wildman–Crippen MR) is 110 cm³/mol. The molecule has 0 saturated heterocycles. The summed E-state index contributed by atoms with van der Waals surface area (Å²) in [6, 6.07) is 16.0. The quantitative estimate of drug-likeness (QED) is 0.611. The Morgan fingerprint density at radius 2 is 1.86 bits per heavy atom. The molecule has 0 fully saturated rings. The van der Waals surface area contributed by atoms with E-state index in [-0.39, 0.29) is 17.6 Å². The Balaban J connectivity index is 1.76. The third-order valence-corrected chi connectivity index (χ3v) is 4.46. The number of nitrogens with one attached hydrogen (secondary N) is 2. The van der Waals surface area contributed by atoms with Crippen LogP contribution in [0.1, 0.15) is 46.8 Å². The summed E-state index contributed by atoms with van der Waals surface area (Å²) >= 11 is 0. The number of hydrogen-bond donors (Lipinski definition) is 2. The van der Waals surface area contributed by atoms with E-state index < -0.39 is 0 Å². The number of rotatable bonds is 6. The average Bonchev–Trinajstić information content (AvgIpc) is 2.67. The number of carbonyl (C=O) groups excluding carboxylic acids is 1. The number of halogens is 1. The molecule has 1 aromatic heterocycles. The summed E-state index contributed by atoms with van der Waals surface area (Å²) in [5.41, 5.74) is 4.42. The molecule has 4 nitrogen and oxygen atoms in total. The number of carbonyl (C=O) groups is 1. The van der Waals surface area contributed by atoms with E-state index in [0.29, 0.717) is 17.9 Å². The molecule has 2 N–H and O–H groups in total. The maximum Gasteiger partial charge on any atom is 0.253 e. The fourth-order valence-electron chi connectivity index (χ4n) is 2.96. The molecule has 1 amide bonds. The van der Waals surface area contributed by atoms with Crippen molar-refractivity contribution in [1.29, 1.82) is 0 Å². The third-order valence-electron chi connectivity index (χ3n) is 4.46. The van der Waals surface area contributed by atoms with Crippen molar-refractivity contribution < 1.29 is 9.18 Å². The molecular formula is C23H24FN3O. The lowest BCUT2D eigenvalue weighted by molar-refractivity contribution is 0.0949. The van der Waals surface area contributed by atoms with Gasteiger partial charge >= 0.3 is 0 Å². The van der Waals surface area contributed by atoms with Crippen molar-refractivity contribution in [2.75, 3.05) is 5.32 Å². The molecule has 0 aliphatic rings. The highest BCUT2D eigenvalue weighted by molar-refractivity contribution is 5.95. The molecule has 2 aromatic carbocycles. The molecule has 0 bridgehead atoms. The van der Waals surface area contributed by atoms with Gasteiger partial charge in [-0.2, -0.15) is 0 Å². The van der Waals surface area contributed by atoms with Crippen LogP contribution in [0.25, 0.3) is 0 Å². The molecule has 144 valence electrons. The minimum Gasteiger partial charge on any atom is -0.348 e. The average molecular weight is 377 g/mol. The van der Waals surface area contributed by atoms with Gasteiger partial charge in [0, 0.05) is 18.4 Å². The minimum absolute atomic E-state index is 0.160. The van der Waals surface area contributed by atoms with Crippen LogP contribution in [0.15, 0.2) is 60.8 Å². The van der Waals surface area contributed by atoms with Crippen molar-refractivity contribution in [3.05, 3.63) is 88.9 Å². The van der Waals surface area contributed by atoms with Crippen molar-refractivity contribution in [1.82, 2.24) is 10.3 Å². The Morgan fingerprint density at radius 1 is 1.11 bits per heavy atom. The minimum atomic E-state index is -0.293. The van der Waals surface area contributed by atoms with Gasteiger partial charge < -0.3 is 10.6 Å². The molecule has 28 heavy (non-hydrogen) atoms. The summed E-state index contributed by atoms with van der Waals surface area (Å²) in [5.74, 6) is 0.373. The van der Waals surface area contributed by atoms with Gasteiger partial charge in [-0.25, -0.2) is 9.37 Å². The summed E-state index contributed by atoms with van der Waals surface area (Å²) in [4.78, 5) is 17.1. The Morgan fingerprint density at radius 3 is 2.54 bits per heavy atom. The van der Waals surface area contributed by atoms with Crippen LogP contribution in [-0.4, -0.2) is 10.9 Å². The third kappa shape index (κ3) is 4.94. The predicted octanol–water partition coefficient (Wildman–Crippen LogP) is 5.33. The first-order valence-electron chi connectivity index (χ1n) is 9.28. The lowest BCUT2D eigenvalue weighted by Crippen LogP contribution is -2.24. The Kier molecular flexibility index (Phi) is 6.04. The highest BCUT2D eigenvalue weighted by atomic mass is 19.1. The number of hydrogen-bond acceptors (Lipinski definition) is 3. The van der Waals surface area contributed by atoms with Crippen LogP contribution in [-0.2, 0) is 6.54 Å². The topological polar surface area (TPSA) is 54.0 Å². The zero-order valence-electron chi connectivity index (χ0n) is 16.3. The van der Waals surface area contributed by atoms with Crippen LogP contribution < -0.4 is 10.6 Å². The van der Waals surface area contributed by atoms with Gasteiger partial charge in [-0.3, -0.25) is 4.79 Å². The van der Waals surface area contributed by atoms with Gasteiger partial charge in [0.1, 0.15) is 11.6 Å². The molecule has 0 saturated carbocycles. The number of anilines is 2. The second-order valence-electron chi connectivity index (χ2n) is 7.12. The van der Waals surface area contributed by atoms with Gasteiger partial charge in [0.05, 0.1) is 5.56 Å². The van der Waals surface area contributed by atoms with E-state index in [1.165, 1.54) is 12.1 Å². The van der Waals surface area contributed by atoms with Crippen LogP contribution in [0, 0.1) is 12.7 Å². The first-order valence-corrected chi connectivity index (χ1v) is 9.28. The van der Waals surface area contributed by atoms with Gasteiger partial charge in [0.15, 0.2) is 0 Å². The summed E-state index contributed by atoms with van der Waals surface area (Å²) in [7, 11) is 0. The highest BCUT2D eigenvalue weighted by Gasteiger charge is 2.15. The number of benzene rings is 2. The first kappa shape index (κ1) is 19.5. The van der Waals surface area contributed by atoms with Crippen molar-refractivity contribution in [3.63, 3.8) is 0 Å². The molecule has 1 heterocycles. The second-order valence-corrected chi connectivity index (χ2v) is 7.12. The van der Waals surface area contributed by atoms with Crippen LogP contribution in [0.3, 0.4) is 0 Å². The zero-order valence-corrected chi connectivity index (χ0v) is 16.3. The van der Waals surface area contributed by atoms with E-state index in [1.54, 1.807) is 18.3 Å². The second kappa shape index (κ2) is 8.65. The fraction of sp³-hybridized carbons (Fsp3) is 0.217. The fourth-order valence-corrected chi connectivity index (χ4v) is 2.96. The number of pyridine rings is 1. The molecule has 5 heteroatoms. The van der Waals surface area contributed by atoms with E-state index in [9.17, 15) is 9.18 Å². The van der Waals surface area contributed by atoms with E-state index in [0.717, 1.165) is 22.4 Å². The lowest BCUT2D eigenvalue weighted by Gasteiger charge is -2.15. The molecule has 0 aliphatic heterocycles. The summed E-state index contributed by atoms with van der Waals surface area (Å²) in [5, 5.41) is 6.18. The van der Waals surface area contributed by atoms with Crippen molar-refractivity contribution in [2.45, 2.75) is 33.2 Å². The monoisotopic (exact) mass is 377 g/mol. The number of aromatic nitrogens is 1. The number of amides is 1. The number of nitrogens with zero attached hydrogens (tertiary/aromatic N) is 1. The van der Waals surface area contributed by atoms with Crippen LogP contribution in [0.5, 0.6) is 0 Å². The summed E-state index contributed by atoms with van der Waals surface area (Å²) in [6.45, 7) is 6.46. The standard InChI is InChI=1S/C23H24FN3O/c1-15(2)20-12-22(27-19-6-4-5-16(3)11-19)25-14-21(20)23(28)26-13-17-7-9-18(24)10-8-17/h4-12,14-15H,13H2,1-3H3,(H,25,27)(H,26,28). The van der Waals surface area contributed by atoms with E-state index in [4.69, 9.17) is 0 Å². The van der Waals surface area contributed by atoms with Gasteiger partial charge in [0.25, 0.3) is 5.91 Å². The zero-order chi connectivity index (χ0) is 20.1. The van der Waals surface area contributed by atoms with Crippen LogP contribution >= 0.6 is 0 Å². The molecule has 0 unspecified atom stereocenters. The smallest absolute Gasteiger partial charge is 0.253 e. The summed E-state index contributed by atoms with van der Waals surface area (Å²) < 4.78 is 13.0. The SMILES string of the molecule is Cc1cccc(Nc2cc(C(C)C)c(C(=O)NCc3ccc(F)cc3)cn2)c1. The molecule has 0 atom stereocenters. The van der Waals surface area contributed by atoms with Gasteiger partial charge in [-0.1, -0.05) is 38.1 Å². The molecule has 0 aliphatic carbocycles. The first-order chi connectivity index (χ1) is 13.4. The number of aryl methyl sites for hydroxylation is 1. The molecule has 3 aromatic rings. The lowest BCUT2D eigenvalue weighted by atomic mass is 9.98. The Bertz CT molecular complexity index is 968. The van der Waals surface area contributed by atoms with Gasteiger partial charge in [0.2, 0.25) is 0 Å². The maximum absolute atomic E-state index is 13.0. The van der Waals surface area contributed by atoms with Gasteiger partial charge in [-0.05, 0) is 59.9 Å². The van der Waals surface area contributed by atoms with Crippen molar-refractivity contribution >= 4 is 17.4 Å². The Hall–Kier alpha value is -3.21. The normalized spacial score (nSPS) is 10.8. The van der Waals surface area contributed by atoms with E-state index in [2.05, 4.69) is 15.6 Å². The Labute approximate surface area is 164 Å². The van der Waals surface area contributed by atoms with E-state index in [1.807, 2.05) is 51.1 Å². The van der Waals surface area contributed by atoms with E-state index >= 15 is 0 Å². The van der Waals surface area contributed by atoms with Crippen molar-refractivity contribution in [2.24, 2.45) is 0 Å². The largest absolute Gasteiger partial charge is 0.348 e. The van der Waals surface area contributed by atoms with Crippen molar-refractivity contribution in [3.8, 4) is 0 Å². The van der Waals surface area contributed by atoms with Gasteiger partial charge in [-0.15, -0.1) is 0 Å². The molecular weight excluding hydrogens is 353 g/mol. The molecule has 0 spiro atoms. The van der Waals surface area contributed by atoms with Crippen LogP contribution in [0.4, 0.5) is 15.9 Å². The maximum atomic E-state index is 13.0. The van der Waals surface area contributed by atoms with Crippen LogP contribution in [0.2, 0.25) is 0 Å². The summed E-state index contributed by atoms with van der Waals surface area (Å²) in [6.07, 6.45) is 1.60. The highest BCUT2D eigenvalue weighted by Crippen LogP contribution is 2.24. The molecule has 0 radical (unpaired) electrons.